The van der Waals surface area contributed by atoms with E-state index < -0.39 is 26.6 Å². The molecule has 0 aromatic rings. The molecule has 0 saturated carbocycles. The fourth-order valence-corrected chi connectivity index (χ4v) is 7.74. The Bertz CT molecular complexity index is 1120. The molecule has 3 atom stereocenters. The molecule has 60 heavy (non-hydrogen) atoms. The van der Waals surface area contributed by atoms with Crippen molar-refractivity contribution in [3.05, 3.63) is 48.6 Å². The van der Waals surface area contributed by atoms with E-state index in [1.807, 2.05) is 27.2 Å². The van der Waals surface area contributed by atoms with Gasteiger partial charge in [0.2, 0.25) is 5.91 Å². The molecular formula is C51H97N2O6P. The number of nitrogens with zero attached hydrogens (tertiary/aromatic N) is 1. The van der Waals surface area contributed by atoms with Gasteiger partial charge in [0.1, 0.15) is 13.2 Å². The predicted octanol–water partition coefficient (Wildman–Crippen LogP) is 13.8. The van der Waals surface area contributed by atoms with E-state index in [0.717, 1.165) is 44.9 Å². The Morgan fingerprint density at radius 3 is 1.45 bits per heavy atom. The monoisotopic (exact) mass is 865 g/mol. The lowest BCUT2D eigenvalue weighted by Crippen LogP contribution is -2.45. The first kappa shape index (κ1) is 58.5. The number of likely N-dealkylation sites (N-methyl/N-ethyl adjacent to an activating group) is 1. The number of unbranched alkanes of at least 4 members (excludes halogenated alkanes) is 26. The van der Waals surface area contributed by atoms with Crippen molar-refractivity contribution in [2.24, 2.45) is 0 Å². The molecule has 352 valence electrons. The summed E-state index contributed by atoms with van der Waals surface area (Å²) in [4.78, 5) is 25.3. The molecule has 0 heterocycles. The van der Waals surface area contributed by atoms with E-state index in [0.29, 0.717) is 17.4 Å². The zero-order valence-electron chi connectivity index (χ0n) is 39.9. The van der Waals surface area contributed by atoms with Gasteiger partial charge in [-0.15, -0.1) is 0 Å². The molecule has 0 radical (unpaired) electrons. The fourth-order valence-electron chi connectivity index (χ4n) is 7.02. The van der Waals surface area contributed by atoms with Crippen molar-refractivity contribution in [1.82, 2.24) is 5.32 Å². The standard InChI is InChI=1S/C51H97N2O6P/c1-6-8-10-12-14-16-18-20-21-22-23-24-25-26-27-28-29-30-31-33-35-37-39-41-43-45-51(55)52-49(48-59-60(56,57)58-47-46-53(3,4)5)50(54)44-42-40-38-36-34-32-19-17-15-13-11-9-7-2/h18,20,22-23,34,36,42,44,49-50,54H,6-17,19,21,24-33,35,37-41,43,45-48H2,1-5H3,(H-,52,55,56,57)/b20-18-,23-22-,36-34+,44-42+. The fraction of sp³-hybridized carbons (Fsp3) is 0.824. The lowest BCUT2D eigenvalue weighted by Gasteiger charge is -2.29. The van der Waals surface area contributed by atoms with Crippen molar-refractivity contribution in [3.8, 4) is 0 Å². The maximum Gasteiger partial charge on any atom is 0.268 e. The number of amides is 1. The highest BCUT2D eigenvalue weighted by molar-refractivity contribution is 7.45. The first-order valence-corrected chi connectivity index (χ1v) is 26.5. The van der Waals surface area contributed by atoms with Crippen LogP contribution in [0.1, 0.15) is 219 Å². The summed E-state index contributed by atoms with van der Waals surface area (Å²) in [5, 5.41) is 13.8. The van der Waals surface area contributed by atoms with Gasteiger partial charge in [-0.25, -0.2) is 0 Å². The Hall–Kier alpha value is -1.54. The summed E-state index contributed by atoms with van der Waals surface area (Å²) in [6.07, 6.45) is 54.6. The molecule has 3 unspecified atom stereocenters. The van der Waals surface area contributed by atoms with Gasteiger partial charge in [0.05, 0.1) is 39.9 Å². The maximum absolute atomic E-state index is 12.9. The van der Waals surface area contributed by atoms with Crippen LogP contribution in [0.4, 0.5) is 0 Å². The summed E-state index contributed by atoms with van der Waals surface area (Å²) in [5.41, 5.74) is 0. The SMILES string of the molecule is CCCCCCC/C=C\C/C=C\CCCCCCCCCCCCCCCC(=O)NC(COP(=O)([O-])OCC[N+](C)(C)C)C(O)/C=C/CC/C=C/CCCCCCCCC. The van der Waals surface area contributed by atoms with Gasteiger partial charge in [-0.2, -0.15) is 0 Å². The Labute approximate surface area is 371 Å². The molecule has 0 aromatic carbocycles. The summed E-state index contributed by atoms with van der Waals surface area (Å²) >= 11 is 0. The summed E-state index contributed by atoms with van der Waals surface area (Å²) in [6, 6.07) is -0.903. The van der Waals surface area contributed by atoms with E-state index in [4.69, 9.17) is 9.05 Å². The number of phosphoric acid groups is 1. The van der Waals surface area contributed by atoms with Gasteiger partial charge in [-0.05, 0) is 64.2 Å². The smallest absolute Gasteiger partial charge is 0.268 e. The number of nitrogens with one attached hydrogen (secondary N) is 1. The molecule has 0 spiro atoms. The number of aliphatic hydroxyl groups excluding tert-OH is 1. The second-order valence-corrected chi connectivity index (χ2v) is 19.6. The Balaban J connectivity index is 4.25. The lowest BCUT2D eigenvalue weighted by atomic mass is 10.0. The first-order valence-electron chi connectivity index (χ1n) is 25.0. The van der Waals surface area contributed by atoms with Crippen molar-refractivity contribution in [1.29, 1.82) is 0 Å². The molecule has 2 N–H and O–H groups in total. The molecule has 0 saturated heterocycles. The Morgan fingerprint density at radius 1 is 0.583 bits per heavy atom. The molecule has 8 nitrogen and oxygen atoms in total. The van der Waals surface area contributed by atoms with Crippen molar-refractivity contribution < 1.29 is 32.9 Å². The van der Waals surface area contributed by atoms with Gasteiger partial charge >= 0.3 is 0 Å². The van der Waals surface area contributed by atoms with E-state index in [2.05, 4.69) is 55.6 Å². The average Bonchev–Trinajstić information content (AvgIpc) is 3.20. The maximum atomic E-state index is 12.9. The Kier molecular flexibility index (Phi) is 41.6. The van der Waals surface area contributed by atoms with E-state index in [-0.39, 0.29) is 12.5 Å². The molecule has 9 heteroatoms. The minimum absolute atomic E-state index is 0.00713. The third-order valence-corrected chi connectivity index (χ3v) is 12.0. The van der Waals surface area contributed by atoms with Crippen LogP contribution < -0.4 is 10.2 Å². The molecular weight excluding hydrogens is 768 g/mol. The largest absolute Gasteiger partial charge is 0.756 e. The summed E-state index contributed by atoms with van der Waals surface area (Å²) in [7, 11) is 1.24. The van der Waals surface area contributed by atoms with Crippen molar-refractivity contribution in [2.75, 3.05) is 40.9 Å². The van der Waals surface area contributed by atoms with Gasteiger partial charge in [0.15, 0.2) is 0 Å². The van der Waals surface area contributed by atoms with Gasteiger partial charge < -0.3 is 28.8 Å². The van der Waals surface area contributed by atoms with Gasteiger partial charge in [0, 0.05) is 6.42 Å². The van der Waals surface area contributed by atoms with Crippen molar-refractivity contribution in [3.63, 3.8) is 0 Å². The highest BCUT2D eigenvalue weighted by Gasteiger charge is 2.23. The minimum atomic E-state index is -4.60. The van der Waals surface area contributed by atoms with Crippen molar-refractivity contribution >= 4 is 13.7 Å². The van der Waals surface area contributed by atoms with Crippen LogP contribution in [0, 0.1) is 0 Å². The number of aliphatic hydroxyl groups is 1. The Morgan fingerprint density at radius 2 is 0.983 bits per heavy atom. The second kappa shape index (κ2) is 42.7. The number of rotatable bonds is 45. The van der Waals surface area contributed by atoms with Gasteiger partial charge in [-0.3, -0.25) is 9.36 Å². The van der Waals surface area contributed by atoms with Crippen LogP contribution in [-0.4, -0.2) is 68.5 Å². The van der Waals surface area contributed by atoms with Crippen molar-refractivity contribution in [2.45, 2.75) is 231 Å². The lowest BCUT2D eigenvalue weighted by molar-refractivity contribution is -0.870. The predicted molar refractivity (Wildman–Crippen MR) is 256 cm³/mol. The topological polar surface area (TPSA) is 108 Å². The van der Waals surface area contributed by atoms with Crippen LogP contribution in [0.5, 0.6) is 0 Å². The molecule has 0 bridgehead atoms. The highest BCUT2D eigenvalue weighted by Crippen LogP contribution is 2.38. The van der Waals surface area contributed by atoms with E-state index in [1.54, 1.807) is 6.08 Å². The summed E-state index contributed by atoms with van der Waals surface area (Å²) in [5.74, 6) is -0.209. The number of carbonyl (C=O) groups excluding carboxylic acids is 1. The quantitative estimate of drug-likeness (QED) is 0.0273. The van der Waals surface area contributed by atoms with Crippen LogP contribution in [0.15, 0.2) is 48.6 Å². The molecule has 0 aromatic heterocycles. The summed E-state index contributed by atoms with van der Waals surface area (Å²) < 4.78 is 23.2. The number of hydrogen-bond donors (Lipinski definition) is 2. The van der Waals surface area contributed by atoms with Crippen LogP contribution in [0.25, 0.3) is 0 Å². The van der Waals surface area contributed by atoms with Gasteiger partial charge in [-0.1, -0.05) is 197 Å². The number of quaternary nitrogens is 1. The molecule has 0 aliphatic carbocycles. The van der Waals surface area contributed by atoms with E-state index in [1.165, 1.54) is 154 Å². The van der Waals surface area contributed by atoms with Crippen LogP contribution >= 0.6 is 7.82 Å². The van der Waals surface area contributed by atoms with E-state index >= 15 is 0 Å². The number of phosphoric ester groups is 1. The molecule has 0 fully saturated rings. The van der Waals surface area contributed by atoms with Crippen LogP contribution in [-0.2, 0) is 18.4 Å². The first-order chi connectivity index (χ1) is 29.0. The van der Waals surface area contributed by atoms with Gasteiger partial charge in [0.25, 0.3) is 7.82 Å². The number of carbonyl (C=O) groups is 1. The number of hydrogen-bond acceptors (Lipinski definition) is 6. The number of allylic oxidation sites excluding steroid dienone is 7. The third-order valence-electron chi connectivity index (χ3n) is 11.0. The zero-order valence-corrected chi connectivity index (χ0v) is 40.8. The molecule has 0 aliphatic heterocycles. The summed E-state index contributed by atoms with van der Waals surface area (Å²) in [6.45, 7) is 4.60. The van der Waals surface area contributed by atoms with Crippen LogP contribution in [0.3, 0.4) is 0 Å². The average molecular weight is 865 g/mol. The highest BCUT2D eigenvalue weighted by atomic mass is 31.2. The molecule has 1 amide bonds. The molecule has 0 aliphatic rings. The normalized spacial score (nSPS) is 14.6. The minimum Gasteiger partial charge on any atom is -0.756 e. The van der Waals surface area contributed by atoms with Crippen LogP contribution in [0.2, 0.25) is 0 Å². The zero-order chi connectivity index (χ0) is 44.3. The molecule has 0 rings (SSSR count). The van der Waals surface area contributed by atoms with E-state index in [9.17, 15) is 19.4 Å². The third kappa shape index (κ3) is 44.5. The second-order valence-electron chi connectivity index (χ2n) is 18.2.